The van der Waals surface area contributed by atoms with Crippen LogP contribution in [0.1, 0.15) is 25.7 Å². The Kier molecular flexibility index (Phi) is 3.64. The van der Waals surface area contributed by atoms with Gasteiger partial charge in [0.2, 0.25) is 5.82 Å². The molecular weight excluding hydrogens is 324 g/mol. The molecule has 1 aromatic heterocycles. The molecule has 2 unspecified atom stereocenters. The highest BCUT2D eigenvalue weighted by molar-refractivity contribution is 9.10. The second-order valence-corrected chi connectivity index (χ2v) is 6.54. The van der Waals surface area contributed by atoms with Crippen molar-refractivity contribution in [1.29, 1.82) is 0 Å². The van der Waals surface area contributed by atoms with E-state index in [1.54, 1.807) is 6.20 Å². The molecule has 3 rings (SSSR count). The highest BCUT2D eigenvalue weighted by Crippen LogP contribution is 2.34. The normalized spacial score (nSPS) is 28.4. The SMILES string of the molecule is CN(c1ncc(Br)cc1[N+](=O)[O-])C1CC2CCC(C1)N2. The first-order valence-electron chi connectivity index (χ1n) is 6.83. The molecule has 6 nitrogen and oxygen atoms in total. The Bertz CT molecular complexity index is 527. The minimum absolute atomic E-state index is 0.0627. The van der Waals surface area contributed by atoms with Gasteiger partial charge in [-0.3, -0.25) is 10.1 Å². The summed E-state index contributed by atoms with van der Waals surface area (Å²) in [7, 11) is 1.92. The molecule has 0 radical (unpaired) electrons. The van der Waals surface area contributed by atoms with Crippen molar-refractivity contribution in [3.05, 3.63) is 26.9 Å². The van der Waals surface area contributed by atoms with Gasteiger partial charge in [0.05, 0.1) is 4.92 Å². The zero-order valence-electron chi connectivity index (χ0n) is 11.3. The molecule has 3 heterocycles. The van der Waals surface area contributed by atoms with Gasteiger partial charge in [0.1, 0.15) is 0 Å². The third-order valence-electron chi connectivity index (χ3n) is 4.34. The van der Waals surface area contributed by atoms with E-state index in [-0.39, 0.29) is 10.6 Å². The van der Waals surface area contributed by atoms with E-state index in [1.807, 2.05) is 11.9 Å². The van der Waals surface area contributed by atoms with E-state index in [9.17, 15) is 10.1 Å². The Morgan fingerprint density at radius 3 is 2.70 bits per heavy atom. The number of nitro groups is 1. The average Bonchev–Trinajstić information content (AvgIpc) is 2.76. The Morgan fingerprint density at radius 1 is 1.45 bits per heavy atom. The van der Waals surface area contributed by atoms with Crippen LogP contribution in [0.15, 0.2) is 16.7 Å². The van der Waals surface area contributed by atoms with Gasteiger partial charge in [-0.2, -0.15) is 0 Å². The standard InChI is InChI=1S/C13H17BrN4O2/c1-17(11-5-9-2-3-10(6-11)16-9)13-12(18(19)20)4-8(14)7-15-13/h4,7,9-11,16H,2-3,5-6H2,1H3. The minimum Gasteiger partial charge on any atom is -0.351 e. The fourth-order valence-corrected chi connectivity index (χ4v) is 3.66. The van der Waals surface area contributed by atoms with E-state index in [1.165, 1.54) is 18.9 Å². The van der Waals surface area contributed by atoms with Gasteiger partial charge in [0, 0.05) is 41.9 Å². The second-order valence-electron chi connectivity index (χ2n) is 5.63. The van der Waals surface area contributed by atoms with Gasteiger partial charge in [-0.1, -0.05) is 0 Å². The van der Waals surface area contributed by atoms with Crippen LogP contribution >= 0.6 is 15.9 Å². The number of halogens is 1. The van der Waals surface area contributed by atoms with E-state index in [2.05, 4.69) is 26.2 Å². The van der Waals surface area contributed by atoms with Gasteiger partial charge >= 0.3 is 5.69 Å². The summed E-state index contributed by atoms with van der Waals surface area (Å²) in [4.78, 5) is 17.1. The minimum atomic E-state index is -0.362. The van der Waals surface area contributed by atoms with Crippen molar-refractivity contribution >= 4 is 27.4 Å². The number of anilines is 1. The molecule has 2 aliphatic heterocycles. The van der Waals surface area contributed by atoms with Gasteiger partial charge < -0.3 is 10.2 Å². The van der Waals surface area contributed by atoms with Crippen molar-refractivity contribution in [2.45, 2.75) is 43.8 Å². The molecular formula is C13H17BrN4O2. The molecule has 1 N–H and O–H groups in total. The van der Waals surface area contributed by atoms with Crippen LogP contribution in [0.4, 0.5) is 11.5 Å². The first-order chi connectivity index (χ1) is 9.54. The summed E-state index contributed by atoms with van der Waals surface area (Å²) in [6.45, 7) is 0. The van der Waals surface area contributed by atoms with Crippen LogP contribution in [0.25, 0.3) is 0 Å². The van der Waals surface area contributed by atoms with Crippen LogP contribution in [0, 0.1) is 10.1 Å². The largest absolute Gasteiger partial charge is 0.351 e. The topological polar surface area (TPSA) is 71.3 Å². The van der Waals surface area contributed by atoms with Crippen LogP contribution in [0.3, 0.4) is 0 Å². The molecule has 2 saturated heterocycles. The van der Waals surface area contributed by atoms with Gasteiger partial charge in [0.15, 0.2) is 0 Å². The maximum absolute atomic E-state index is 11.2. The molecule has 108 valence electrons. The molecule has 2 bridgehead atoms. The molecule has 2 atom stereocenters. The second kappa shape index (κ2) is 5.29. The molecule has 2 fully saturated rings. The Hall–Kier alpha value is -1.21. The van der Waals surface area contributed by atoms with Gasteiger partial charge in [-0.05, 0) is 41.6 Å². The van der Waals surface area contributed by atoms with Crippen molar-refractivity contribution in [2.24, 2.45) is 0 Å². The lowest BCUT2D eigenvalue weighted by molar-refractivity contribution is -0.384. The molecule has 1 aromatic rings. The van der Waals surface area contributed by atoms with Crippen molar-refractivity contribution in [3.8, 4) is 0 Å². The predicted octanol–water partition coefficient (Wildman–Crippen LogP) is 2.47. The lowest BCUT2D eigenvalue weighted by Gasteiger charge is -2.35. The molecule has 0 aromatic carbocycles. The Morgan fingerprint density at radius 2 is 2.10 bits per heavy atom. The monoisotopic (exact) mass is 340 g/mol. The zero-order chi connectivity index (χ0) is 14.3. The van der Waals surface area contributed by atoms with E-state index < -0.39 is 0 Å². The smallest absolute Gasteiger partial charge is 0.312 e. The summed E-state index contributed by atoms with van der Waals surface area (Å²) in [5.41, 5.74) is 0.0627. The van der Waals surface area contributed by atoms with Crippen molar-refractivity contribution < 1.29 is 4.92 Å². The lowest BCUT2D eigenvalue weighted by atomic mass is 9.98. The summed E-state index contributed by atoms with van der Waals surface area (Å²) in [6.07, 6.45) is 6.11. The summed E-state index contributed by atoms with van der Waals surface area (Å²) >= 11 is 3.24. The highest BCUT2D eigenvalue weighted by atomic mass is 79.9. The number of nitrogens with one attached hydrogen (secondary N) is 1. The maximum atomic E-state index is 11.2. The number of nitrogens with zero attached hydrogens (tertiary/aromatic N) is 3. The number of fused-ring (bicyclic) bond motifs is 2. The average molecular weight is 341 g/mol. The van der Waals surface area contributed by atoms with Gasteiger partial charge in [-0.25, -0.2) is 4.98 Å². The maximum Gasteiger partial charge on any atom is 0.312 e. The number of hydrogen-bond donors (Lipinski definition) is 1. The Balaban J connectivity index is 1.87. The molecule has 0 saturated carbocycles. The zero-order valence-corrected chi connectivity index (χ0v) is 12.8. The fourth-order valence-electron chi connectivity index (χ4n) is 3.34. The van der Waals surface area contributed by atoms with E-state index in [0.717, 1.165) is 12.8 Å². The third kappa shape index (κ3) is 2.52. The van der Waals surface area contributed by atoms with Crippen LogP contribution in [0.2, 0.25) is 0 Å². The van der Waals surface area contributed by atoms with Crippen LogP contribution in [-0.2, 0) is 0 Å². The number of pyridine rings is 1. The molecule has 0 amide bonds. The van der Waals surface area contributed by atoms with Crippen LogP contribution < -0.4 is 10.2 Å². The number of hydrogen-bond acceptors (Lipinski definition) is 5. The molecule has 7 heteroatoms. The number of rotatable bonds is 3. The van der Waals surface area contributed by atoms with Gasteiger partial charge in [0.25, 0.3) is 0 Å². The summed E-state index contributed by atoms with van der Waals surface area (Å²) in [6, 6.07) is 2.95. The summed E-state index contributed by atoms with van der Waals surface area (Å²) in [5, 5.41) is 14.8. The fraction of sp³-hybridized carbons (Fsp3) is 0.615. The highest BCUT2D eigenvalue weighted by Gasteiger charge is 2.36. The van der Waals surface area contributed by atoms with Crippen molar-refractivity contribution in [2.75, 3.05) is 11.9 Å². The molecule has 20 heavy (non-hydrogen) atoms. The van der Waals surface area contributed by atoms with Crippen LogP contribution in [0.5, 0.6) is 0 Å². The predicted molar refractivity (Wildman–Crippen MR) is 80.0 cm³/mol. The molecule has 0 aliphatic carbocycles. The van der Waals surface area contributed by atoms with Gasteiger partial charge in [-0.15, -0.1) is 0 Å². The molecule has 2 aliphatic rings. The first kappa shape index (κ1) is 13.8. The van der Waals surface area contributed by atoms with Crippen LogP contribution in [-0.4, -0.2) is 35.1 Å². The van der Waals surface area contributed by atoms with E-state index in [0.29, 0.717) is 28.4 Å². The van der Waals surface area contributed by atoms with Crippen molar-refractivity contribution in [1.82, 2.24) is 10.3 Å². The third-order valence-corrected chi connectivity index (χ3v) is 4.77. The first-order valence-corrected chi connectivity index (χ1v) is 7.62. The van der Waals surface area contributed by atoms with Crippen molar-refractivity contribution in [3.63, 3.8) is 0 Å². The van der Waals surface area contributed by atoms with E-state index >= 15 is 0 Å². The van der Waals surface area contributed by atoms with E-state index in [4.69, 9.17) is 0 Å². The summed E-state index contributed by atoms with van der Waals surface area (Å²) < 4.78 is 0.631. The summed E-state index contributed by atoms with van der Waals surface area (Å²) in [5.74, 6) is 0.463. The number of aromatic nitrogens is 1. The Labute approximate surface area is 125 Å². The molecule has 0 spiro atoms. The number of piperidine rings is 1. The quantitative estimate of drug-likeness (QED) is 0.676. The lowest BCUT2D eigenvalue weighted by Crippen LogP contribution is -2.47.